The molecule has 128 valence electrons. The number of thiophene rings is 1. The van der Waals surface area contributed by atoms with Crippen molar-refractivity contribution >= 4 is 27.3 Å². The van der Waals surface area contributed by atoms with Crippen LogP contribution in [0.25, 0.3) is 21.2 Å². The minimum atomic E-state index is -0.611. The first kappa shape index (κ1) is 16.2. The van der Waals surface area contributed by atoms with E-state index in [0.29, 0.717) is 42.3 Å². The highest BCUT2D eigenvalue weighted by molar-refractivity contribution is 7.20. The molecule has 25 heavy (non-hydrogen) atoms. The zero-order valence-electron chi connectivity index (χ0n) is 13.3. The third-order valence-electron chi connectivity index (χ3n) is 4.29. The second-order valence-electron chi connectivity index (χ2n) is 5.86. The minimum Gasteiger partial charge on any atom is -0.378 e. The van der Waals surface area contributed by atoms with E-state index in [4.69, 9.17) is 4.74 Å². The number of halogens is 2. The van der Waals surface area contributed by atoms with E-state index in [2.05, 4.69) is 0 Å². The summed E-state index contributed by atoms with van der Waals surface area (Å²) in [5.41, 5.74) is 0.988. The standard InChI is InChI=1S/C19H15F2NO2S/c20-12-4-5-14(16(21)10-12)13-2-1-3-17-15(13)11-18(25-17)19(23)22-6-8-24-9-7-22/h1-5,10-11H,6-9H2. The molecule has 0 spiro atoms. The molecule has 0 bridgehead atoms. The maximum atomic E-state index is 14.2. The fourth-order valence-corrected chi connectivity index (χ4v) is 4.09. The molecule has 1 aliphatic heterocycles. The Morgan fingerprint density at radius 1 is 1.04 bits per heavy atom. The Hall–Kier alpha value is -2.31. The molecule has 0 radical (unpaired) electrons. The summed E-state index contributed by atoms with van der Waals surface area (Å²) in [5, 5.41) is 0.801. The number of rotatable bonds is 2. The SMILES string of the molecule is O=C(c1cc2c(-c3ccc(F)cc3F)cccc2s1)N1CCOCC1. The Bertz CT molecular complexity index is 948. The van der Waals surface area contributed by atoms with E-state index >= 15 is 0 Å². The van der Waals surface area contributed by atoms with Gasteiger partial charge < -0.3 is 9.64 Å². The number of carbonyl (C=O) groups excluding carboxylic acids is 1. The molecular formula is C19H15F2NO2S. The molecule has 6 heteroatoms. The van der Waals surface area contributed by atoms with Crippen LogP contribution in [0.1, 0.15) is 9.67 Å². The van der Waals surface area contributed by atoms with Gasteiger partial charge in [-0.25, -0.2) is 8.78 Å². The van der Waals surface area contributed by atoms with Crippen LogP contribution in [0, 0.1) is 11.6 Å². The molecule has 1 fully saturated rings. The highest BCUT2D eigenvalue weighted by atomic mass is 32.1. The number of amides is 1. The second-order valence-corrected chi connectivity index (χ2v) is 6.94. The van der Waals surface area contributed by atoms with Crippen LogP contribution in [0.4, 0.5) is 8.78 Å². The Balaban J connectivity index is 1.77. The van der Waals surface area contributed by atoms with Crippen molar-refractivity contribution in [1.29, 1.82) is 0 Å². The summed E-state index contributed by atoms with van der Waals surface area (Å²) in [6.45, 7) is 2.24. The van der Waals surface area contributed by atoms with Gasteiger partial charge >= 0.3 is 0 Å². The second kappa shape index (κ2) is 6.54. The Labute approximate surface area is 147 Å². The first-order valence-corrected chi connectivity index (χ1v) is 8.80. The number of hydrogen-bond donors (Lipinski definition) is 0. The van der Waals surface area contributed by atoms with Gasteiger partial charge in [0, 0.05) is 34.8 Å². The molecule has 3 aromatic rings. The lowest BCUT2D eigenvalue weighted by atomic mass is 10.0. The topological polar surface area (TPSA) is 29.5 Å². The summed E-state index contributed by atoms with van der Waals surface area (Å²) >= 11 is 1.39. The van der Waals surface area contributed by atoms with E-state index in [1.807, 2.05) is 12.1 Å². The van der Waals surface area contributed by atoms with Crippen LogP contribution < -0.4 is 0 Å². The molecule has 0 saturated carbocycles. The molecule has 0 unspecified atom stereocenters. The molecule has 2 heterocycles. The van der Waals surface area contributed by atoms with Crippen molar-refractivity contribution in [1.82, 2.24) is 4.90 Å². The van der Waals surface area contributed by atoms with Crippen LogP contribution in [0.2, 0.25) is 0 Å². The van der Waals surface area contributed by atoms with Gasteiger partial charge in [-0.05, 0) is 29.8 Å². The van der Waals surface area contributed by atoms with Crippen LogP contribution in [0.3, 0.4) is 0 Å². The van der Waals surface area contributed by atoms with Crippen molar-refractivity contribution in [2.45, 2.75) is 0 Å². The fraction of sp³-hybridized carbons (Fsp3) is 0.211. The summed E-state index contributed by atoms with van der Waals surface area (Å²) in [7, 11) is 0. The third-order valence-corrected chi connectivity index (χ3v) is 5.38. The summed E-state index contributed by atoms with van der Waals surface area (Å²) in [5.74, 6) is -1.25. The van der Waals surface area contributed by atoms with E-state index in [-0.39, 0.29) is 5.91 Å². The van der Waals surface area contributed by atoms with E-state index < -0.39 is 11.6 Å². The number of benzene rings is 2. The number of morpholine rings is 1. The number of fused-ring (bicyclic) bond motifs is 1. The monoisotopic (exact) mass is 359 g/mol. The van der Waals surface area contributed by atoms with Crippen LogP contribution in [-0.4, -0.2) is 37.1 Å². The average molecular weight is 359 g/mol. The van der Waals surface area contributed by atoms with Gasteiger partial charge in [-0.15, -0.1) is 11.3 Å². The molecule has 0 atom stereocenters. The van der Waals surface area contributed by atoms with Crippen molar-refractivity contribution < 1.29 is 18.3 Å². The first-order chi connectivity index (χ1) is 12.1. The maximum Gasteiger partial charge on any atom is 0.264 e. The molecule has 4 rings (SSSR count). The summed E-state index contributed by atoms with van der Waals surface area (Å²) < 4.78 is 33.6. The Morgan fingerprint density at radius 3 is 2.60 bits per heavy atom. The first-order valence-electron chi connectivity index (χ1n) is 7.98. The molecular weight excluding hydrogens is 344 g/mol. The van der Waals surface area contributed by atoms with E-state index in [1.165, 1.54) is 23.5 Å². The van der Waals surface area contributed by atoms with Gasteiger partial charge in [0.15, 0.2) is 0 Å². The smallest absolute Gasteiger partial charge is 0.264 e. The number of carbonyl (C=O) groups is 1. The van der Waals surface area contributed by atoms with E-state index in [0.717, 1.165) is 16.2 Å². The van der Waals surface area contributed by atoms with Gasteiger partial charge in [0.05, 0.1) is 18.1 Å². The largest absolute Gasteiger partial charge is 0.378 e. The normalized spacial score (nSPS) is 14.9. The fourth-order valence-electron chi connectivity index (χ4n) is 3.03. The highest BCUT2D eigenvalue weighted by Crippen LogP contribution is 2.36. The van der Waals surface area contributed by atoms with Gasteiger partial charge in [0.2, 0.25) is 0 Å². The molecule has 0 aliphatic carbocycles. The highest BCUT2D eigenvalue weighted by Gasteiger charge is 2.21. The summed E-state index contributed by atoms with van der Waals surface area (Å²) in [6, 6.07) is 10.9. The lowest BCUT2D eigenvalue weighted by Crippen LogP contribution is -2.40. The Morgan fingerprint density at radius 2 is 1.84 bits per heavy atom. The predicted molar refractivity (Wildman–Crippen MR) is 93.9 cm³/mol. The van der Waals surface area contributed by atoms with Crippen LogP contribution in [0.5, 0.6) is 0 Å². The van der Waals surface area contributed by atoms with Crippen molar-refractivity contribution in [2.24, 2.45) is 0 Å². The van der Waals surface area contributed by atoms with Crippen LogP contribution >= 0.6 is 11.3 Å². The predicted octanol–water partition coefficient (Wildman–Crippen LogP) is 4.32. The molecule has 1 aliphatic rings. The number of nitrogens with zero attached hydrogens (tertiary/aromatic N) is 1. The summed E-state index contributed by atoms with van der Waals surface area (Å²) in [4.78, 5) is 15.1. The number of ether oxygens (including phenoxy) is 1. The molecule has 1 amide bonds. The van der Waals surface area contributed by atoms with Gasteiger partial charge in [0.25, 0.3) is 5.91 Å². The molecule has 3 nitrogen and oxygen atoms in total. The quantitative estimate of drug-likeness (QED) is 0.682. The van der Waals surface area contributed by atoms with Gasteiger partial charge in [-0.1, -0.05) is 12.1 Å². The average Bonchev–Trinajstić information content (AvgIpc) is 3.06. The van der Waals surface area contributed by atoms with Crippen LogP contribution in [-0.2, 0) is 4.74 Å². The van der Waals surface area contributed by atoms with Crippen molar-refractivity contribution in [3.05, 3.63) is 59.0 Å². The van der Waals surface area contributed by atoms with Gasteiger partial charge in [-0.2, -0.15) is 0 Å². The lowest BCUT2D eigenvalue weighted by Gasteiger charge is -2.26. The van der Waals surface area contributed by atoms with Crippen molar-refractivity contribution in [3.8, 4) is 11.1 Å². The van der Waals surface area contributed by atoms with Gasteiger partial charge in [-0.3, -0.25) is 4.79 Å². The van der Waals surface area contributed by atoms with Crippen molar-refractivity contribution in [2.75, 3.05) is 26.3 Å². The molecule has 2 aromatic carbocycles. The van der Waals surface area contributed by atoms with Crippen molar-refractivity contribution in [3.63, 3.8) is 0 Å². The molecule has 1 aromatic heterocycles. The van der Waals surface area contributed by atoms with E-state index in [9.17, 15) is 13.6 Å². The Kier molecular flexibility index (Phi) is 4.23. The lowest BCUT2D eigenvalue weighted by molar-refractivity contribution is 0.0306. The molecule has 1 saturated heterocycles. The minimum absolute atomic E-state index is 0.0324. The zero-order valence-corrected chi connectivity index (χ0v) is 14.1. The number of hydrogen-bond acceptors (Lipinski definition) is 3. The van der Waals surface area contributed by atoms with E-state index in [1.54, 1.807) is 17.0 Å². The van der Waals surface area contributed by atoms with Crippen LogP contribution in [0.15, 0.2) is 42.5 Å². The third kappa shape index (κ3) is 3.03. The zero-order chi connectivity index (χ0) is 17.4. The molecule has 0 N–H and O–H groups in total. The summed E-state index contributed by atoms with van der Waals surface area (Å²) in [6.07, 6.45) is 0. The maximum absolute atomic E-state index is 14.2. The van der Waals surface area contributed by atoms with Gasteiger partial charge in [0.1, 0.15) is 11.6 Å².